The van der Waals surface area contributed by atoms with Gasteiger partial charge in [-0.1, -0.05) is 12.1 Å². The van der Waals surface area contributed by atoms with E-state index in [1.54, 1.807) is 0 Å². The third kappa shape index (κ3) is 5.24. The molecule has 5 nitrogen and oxygen atoms in total. The lowest BCUT2D eigenvalue weighted by atomic mass is 10.0. The van der Waals surface area contributed by atoms with Crippen LogP contribution in [0.2, 0.25) is 0 Å². The molecule has 0 spiro atoms. The lowest BCUT2D eigenvalue weighted by molar-refractivity contribution is -0.137. The number of nitrogens with one attached hydrogen (secondary N) is 1. The van der Waals surface area contributed by atoms with Gasteiger partial charge in [0.2, 0.25) is 10.0 Å². The number of hydrogen-bond acceptors (Lipinski definition) is 3. The van der Waals surface area contributed by atoms with Crippen LogP contribution in [-0.4, -0.2) is 25.7 Å². The number of carbonyl (C=O) groups is 1. The number of aliphatic carboxylic acids is 1. The Labute approximate surface area is 105 Å². The predicted octanol–water partition coefficient (Wildman–Crippen LogP) is 1.28. The van der Waals surface area contributed by atoms with Crippen LogP contribution in [0.5, 0.6) is 0 Å². The molecule has 0 aliphatic carbocycles. The van der Waals surface area contributed by atoms with Crippen LogP contribution >= 0.6 is 0 Å². The second kappa shape index (κ2) is 5.92. The molecule has 0 saturated heterocycles. The lowest BCUT2D eigenvalue weighted by Gasteiger charge is -2.17. The van der Waals surface area contributed by atoms with Gasteiger partial charge in [-0.25, -0.2) is 17.5 Å². The van der Waals surface area contributed by atoms with Crippen LogP contribution in [0.3, 0.4) is 0 Å². The van der Waals surface area contributed by atoms with Crippen molar-refractivity contribution in [2.24, 2.45) is 0 Å². The predicted molar refractivity (Wildman–Crippen MR) is 64.0 cm³/mol. The Balaban J connectivity index is 2.89. The highest BCUT2D eigenvalue weighted by Crippen LogP contribution is 2.19. The zero-order chi connectivity index (χ0) is 13.8. The molecule has 7 heteroatoms. The number of carboxylic acids is 1. The first kappa shape index (κ1) is 14.6. The largest absolute Gasteiger partial charge is 0.481 e. The molecule has 100 valence electrons. The van der Waals surface area contributed by atoms with Crippen LogP contribution in [0.1, 0.15) is 24.4 Å². The van der Waals surface area contributed by atoms with Crippen molar-refractivity contribution in [3.8, 4) is 0 Å². The maximum absolute atomic E-state index is 12.8. The smallest absolute Gasteiger partial charge is 0.303 e. The summed E-state index contributed by atoms with van der Waals surface area (Å²) in [6.07, 6.45) is 0.920. The van der Waals surface area contributed by atoms with Crippen LogP contribution < -0.4 is 4.72 Å². The molecular formula is C11H14FNO4S. The van der Waals surface area contributed by atoms with Gasteiger partial charge in [0, 0.05) is 12.5 Å². The molecule has 1 atom stereocenters. The number of benzene rings is 1. The molecule has 0 aliphatic heterocycles. The molecule has 0 aliphatic rings. The highest BCUT2D eigenvalue weighted by molar-refractivity contribution is 7.88. The van der Waals surface area contributed by atoms with Gasteiger partial charge >= 0.3 is 5.97 Å². The Bertz CT molecular complexity index is 512. The average Bonchev–Trinajstić information content (AvgIpc) is 2.23. The van der Waals surface area contributed by atoms with Crippen LogP contribution in [0.4, 0.5) is 4.39 Å². The summed E-state index contributed by atoms with van der Waals surface area (Å²) >= 11 is 0. The van der Waals surface area contributed by atoms with Gasteiger partial charge in [0.25, 0.3) is 0 Å². The second-order valence-corrected chi connectivity index (χ2v) is 5.71. The molecule has 0 saturated carbocycles. The Morgan fingerprint density at radius 1 is 1.39 bits per heavy atom. The monoisotopic (exact) mass is 275 g/mol. The zero-order valence-corrected chi connectivity index (χ0v) is 10.6. The second-order valence-electron chi connectivity index (χ2n) is 3.93. The van der Waals surface area contributed by atoms with E-state index in [-0.39, 0.29) is 12.8 Å². The van der Waals surface area contributed by atoms with Crippen molar-refractivity contribution < 1.29 is 22.7 Å². The van der Waals surface area contributed by atoms with Crippen molar-refractivity contribution in [3.63, 3.8) is 0 Å². The van der Waals surface area contributed by atoms with Crippen LogP contribution in [-0.2, 0) is 14.8 Å². The number of rotatable bonds is 6. The summed E-state index contributed by atoms with van der Waals surface area (Å²) in [6.45, 7) is 0. The summed E-state index contributed by atoms with van der Waals surface area (Å²) in [5.41, 5.74) is 0.531. The fourth-order valence-corrected chi connectivity index (χ4v) is 2.29. The van der Waals surface area contributed by atoms with E-state index >= 15 is 0 Å². The van der Waals surface area contributed by atoms with Gasteiger partial charge < -0.3 is 5.11 Å². The molecular weight excluding hydrogens is 261 g/mol. The summed E-state index contributed by atoms with van der Waals surface area (Å²) in [4.78, 5) is 10.5. The van der Waals surface area contributed by atoms with E-state index in [9.17, 15) is 17.6 Å². The van der Waals surface area contributed by atoms with Gasteiger partial charge in [-0.15, -0.1) is 0 Å². The summed E-state index contributed by atoms with van der Waals surface area (Å²) < 4.78 is 37.5. The molecule has 1 aromatic rings. The fourth-order valence-electron chi connectivity index (χ4n) is 1.51. The van der Waals surface area contributed by atoms with Crippen LogP contribution in [0, 0.1) is 5.82 Å². The van der Waals surface area contributed by atoms with E-state index < -0.39 is 27.9 Å². The van der Waals surface area contributed by atoms with E-state index in [0.717, 1.165) is 6.26 Å². The molecule has 0 radical (unpaired) electrons. The van der Waals surface area contributed by atoms with Crippen LogP contribution in [0.15, 0.2) is 24.3 Å². The number of hydrogen-bond donors (Lipinski definition) is 2. The van der Waals surface area contributed by atoms with Gasteiger partial charge in [-0.2, -0.15) is 0 Å². The van der Waals surface area contributed by atoms with Gasteiger partial charge in [-0.3, -0.25) is 4.79 Å². The summed E-state index contributed by atoms with van der Waals surface area (Å²) in [5.74, 6) is -1.45. The van der Waals surface area contributed by atoms with Crippen molar-refractivity contribution in [2.45, 2.75) is 18.9 Å². The lowest BCUT2D eigenvalue weighted by Crippen LogP contribution is -2.28. The number of sulfonamides is 1. The molecule has 2 N–H and O–H groups in total. The Hall–Kier alpha value is -1.47. The van der Waals surface area contributed by atoms with Gasteiger partial charge in [0.15, 0.2) is 0 Å². The zero-order valence-electron chi connectivity index (χ0n) is 9.76. The fraction of sp³-hybridized carbons (Fsp3) is 0.364. The third-order valence-corrected chi connectivity index (χ3v) is 2.99. The van der Waals surface area contributed by atoms with Crippen molar-refractivity contribution in [2.75, 3.05) is 6.26 Å². The quantitative estimate of drug-likeness (QED) is 0.819. The highest BCUT2D eigenvalue weighted by Gasteiger charge is 2.17. The Morgan fingerprint density at radius 3 is 2.39 bits per heavy atom. The molecule has 1 aromatic carbocycles. The van der Waals surface area contributed by atoms with E-state index in [1.165, 1.54) is 24.3 Å². The van der Waals surface area contributed by atoms with Crippen molar-refractivity contribution in [1.82, 2.24) is 4.72 Å². The minimum absolute atomic E-state index is 0.105. The number of carboxylic acid groups (broad SMARTS) is 1. The first-order valence-corrected chi connectivity index (χ1v) is 7.11. The Kier molecular flexibility index (Phi) is 4.80. The van der Waals surface area contributed by atoms with Gasteiger partial charge in [0.05, 0.1) is 6.26 Å². The van der Waals surface area contributed by atoms with E-state index in [0.29, 0.717) is 5.56 Å². The van der Waals surface area contributed by atoms with Crippen molar-refractivity contribution >= 4 is 16.0 Å². The first-order chi connectivity index (χ1) is 8.28. The topological polar surface area (TPSA) is 83.5 Å². The molecule has 0 heterocycles. The number of halogens is 1. The van der Waals surface area contributed by atoms with E-state index in [4.69, 9.17) is 5.11 Å². The molecule has 1 unspecified atom stereocenters. The summed E-state index contributed by atoms with van der Waals surface area (Å²) in [7, 11) is -3.47. The molecule has 0 amide bonds. The molecule has 0 aromatic heterocycles. The molecule has 0 bridgehead atoms. The van der Waals surface area contributed by atoms with Crippen LogP contribution in [0.25, 0.3) is 0 Å². The molecule has 18 heavy (non-hydrogen) atoms. The van der Waals surface area contributed by atoms with E-state index in [2.05, 4.69) is 4.72 Å². The third-order valence-electron chi connectivity index (χ3n) is 2.28. The average molecular weight is 275 g/mol. The molecule has 1 rings (SSSR count). The first-order valence-electron chi connectivity index (χ1n) is 5.22. The summed E-state index contributed by atoms with van der Waals surface area (Å²) in [6, 6.07) is 4.59. The van der Waals surface area contributed by atoms with E-state index in [1.807, 2.05) is 0 Å². The van der Waals surface area contributed by atoms with Gasteiger partial charge in [-0.05, 0) is 24.1 Å². The SMILES string of the molecule is CS(=O)(=O)NC(CCC(=O)O)c1ccc(F)cc1. The highest BCUT2D eigenvalue weighted by atomic mass is 32.2. The Morgan fingerprint density at radius 2 is 1.94 bits per heavy atom. The minimum Gasteiger partial charge on any atom is -0.481 e. The standard InChI is InChI=1S/C11H14FNO4S/c1-18(16,17)13-10(6-7-11(14)15)8-2-4-9(12)5-3-8/h2-5,10,13H,6-7H2,1H3,(H,14,15). The molecule has 0 fully saturated rings. The van der Waals surface area contributed by atoms with Gasteiger partial charge in [0.1, 0.15) is 5.82 Å². The van der Waals surface area contributed by atoms with Crippen molar-refractivity contribution in [3.05, 3.63) is 35.6 Å². The maximum Gasteiger partial charge on any atom is 0.303 e. The maximum atomic E-state index is 12.8. The van der Waals surface area contributed by atoms with Crippen molar-refractivity contribution in [1.29, 1.82) is 0 Å². The minimum atomic E-state index is -3.47. The normalized spacial score (nSPS) is 13.2. The summed E-state index contributed by atoms with van der Waals surface area (Å²) in [5, 5.41) is 8.61.